The topological polar surface area (TPSA) is 76.1 Å². The maximum absolute atomic E-state index is 12.2. The number of ether oxygens (including phenoxy) is 1. The number of hydrogen-bond donors (Lipinski definition) is 2. The summed E-state index contributed by atoms with van der Waals surface area (Å²) in [4.78, 5) is 20.6. The second-order valence-electron chi connectivity index (χ2n) is 5.74. The summed E-state index contributed by atoms with van der Waals surface area (Å²) in [7, 11) is 1.66. The predicted molar refractivity (Wildman–Crippen MR) is 107 cm³/mol. The molecule has 0 aliphatic rings. The van der Waals surface area contributed by atoms with Gasteiger partial charge in [-0.05, 0) is 42.3 Å². The molecule has 0 aliphatic carbocycles. The van der Waals surface area contributed by atoms with Crippen molar-refractivity contribution in [2.24, 2.45) is 0 Å². The van der Waals surface area contributed by atoms with Crippen LogP contribution in [0.3, 0.4) is 0 Å². The summed E-state index contributed by atoms with van der Waals surface area (Å²) < 4.78 is 5.33. The number of amides is 1. The van der Waals surface area contributed by atoms with Crippen LogP contribution in [0.2, 0.25) is 5.02 Å². The first-order chi connectivity index (χ1) is 13.2. The molecular weight excluding hydrogens is 364 g/mol. The summed E-state index contributed by atoms with van der Waals surface area (Å²) in [6.07, 6.45) is 3.75. The van der Waals surface area contributed by atoms with Crippen molar-refractivity contribution in [3.8, 4) is 5.75 Å². The molecule has 3 rings (SSSR count). The molecule has 1 aromatic heterocycles. The van der Waals surface area contributed by atoms with E-state index in [0.717, 1.165) is 17.7 Å². The lowest BCUT2D eigenvalue weighted by atomic mass is 10.1. The van der Waals surface area contributed by atoms with Crippen LogP contribution in [0.4, 0.5) is 11.6 Å². The van der Waals surface area contributed by atoms with Gasteiger partial charge in [0.25, 0.3) is 5.91 Å². The fourth-order valence-electron chi connectivity index (χ4n) is 2.49. The van der Waals surface area contributed by atoms with Crippen molar-refractivity contribution in [1.82, 2.24) is 9.97 Å². The van der Waals surface area contributed by atoms with Crippen LogP contribution in [0.5, 0.6) is 5.75 Å². The van der Waals surface area contributed by atoms with Gasteiger partial charge in [-0.15, -0.1) is 0 Å². The van der Waals surface area contributed by atoms with Crippen LogP contribution < -0.4 is 15.4 Å². The first kappa shape index (κ1) is 18.7. The Morgan fingerprint density at radius 1 is 1.07 bits per heavy atom. The van der Waals surface area contributed by atoms with E-state index >= 15 is 0 Å². The number of hydrogen-bond acceptors (Lipinski definition) is 5. The Kier molecular flexibility index (Phi) is 6.22. The summed E-state index contributed by atoms with van der Waals surface area (Å²) in [5.74, 6) is 1.04. The second-order valence-corrected chi connectivity index (χ2v) is 6.18. The van der Waals surface area contributed by atoms with Gasteiger partial charge in [0, 0.05) is 29.6 Å². The van der Waals surface area contributed by atoms with E-state index in [9.17, 15) is 4.79 Å². The van der Waals surface area contributed by atoms with Gasteiger partial charge in [0.1, 0.15) is 5.75 Å². The third-order valence-corrected chi connectivity index (χ3v) is 4.14. The Bertz CT molecular complexity index is 899. The van der Waals surface area contributed by atoms with Crippen LogP contribution in [-0.4, -0.2) is 29.5 Å². The maximum Gasteiger partial charge on any atom is 0.258 e. The fraction of sp³-hybridized carbons (Fsp3) is 0.150. The van der Waals surface area contributed by atoms with Crippen LogP contribution >= 0.6 is 11.6 Å². The van der Waals surface area contributed by atoms with E-state index in [0.29, 0.717) is 28.8 Å². The van der Waals surface area contributed by atoms with Crippen LogP contribution in [0.15, 0.2) is 60.9 Å². The first-order valence-electron chi connectivity index (χ1n) is 8.40. The van der Waals surface area contributed by atoms with E-state index in [2.05, 4.69) is 20.6 Å². The van der Waals surface area contributed by atoms with Crippen molar-refractivity contribution < 1.29 is 9.53 Å². The highest BCUT2D eigenvalue weighted by Crippen LogP contribution is 2.18. The molecule has 0 radical (unpaired) electrons. The number of nitrogens with one attached hydrogen (secondary N) is 2. The Morgan fingerprint density at radius 3 is 2.48 bits per heavy atom. The minimum atomic E-state index is -0.280. The van der Waals surface area contributed by atoms with Crippen molar-refractivity contribution in [1.29, 1.82) is 0 Å². The number of halogens is 1. The van der Waals surface area contributed by atoms with E-state index < -0.39 is 0 Å². The largest absolute Gasteiger partial charge is 0.496 e. The molecule has 0 fully saturated rings. The summed E-state index contributed by atoms with van der Waals surface area (Å²) >= 11 is 5.83. The summed E-state index contributed by atoms with van der Waals surface area (Å²) in [5.41, 5.74) is 2.13. The van der Waals surface area contributed by atoms with Gasteiger partial charge in [0.2, 0.25) is 5.95 Å². The Hall–Kier alpha value is -3.12. The molecule has 0 bridgehead atoms. The van der Waals surface area contributed by atoms with Crippen molar-refractivity contribution in [2.45, 2.75) is 6.42 Å². The highest BCUT2D eigenvalue weighted by atomic mass is 35.5. The minimum Gasteiger partial charge on any atom is -0.496 e. The third-order valence-electron chi connectivity index (χ3n) is 3.89. The van der Waals surface area contributed by atoms with E-state index in [1.807, 2.05) is 24.3 Å². The Morgan fingerprint density at radius 2 is 1.78 bits per heavy atom. The lowest BCUT2D eigenvalue weighted by Gasteiger charge is -2.09. The highest BCUT2D eigenvalue weighted by Gasteiger charge is 2.08. The molecule has 0 unspecified atom stereocenters. The van der Waals surface area contributed by atoms with Crippen molar-refractivity contribution >= 4 is 29.1 Å². The Balaban J connectivity index is 1.53. The molecule has 0 aliphatic heterocycles. The van der Waals surface area contributed by atoms with E-state index in [4.69, 9.17) is 16.3 Å². The lowest BCUT2D eigenvalue weighted by Crippen LogP contribution is -2.14. The molecule has 0 saturated heterocycles. The average Bonchev–Trinajstić information content (AvgIpc) is 2.70. The number of carbonyl (C=O) groups excluding carboxylic acids is 1. The number of nitrogens with zero attached hydrogens (tertiary/aromatic N) is 2. The summed E-state index contributed by atoms with van der Waals surface area (Å²) in [5, 5.41) is 6.52. The normalized spacial score (nSPS) is 10.3. The number of methoxy groups -OCH3 is 1. The molecule has 27 heavy (non-hydrogen) atoms. The van der Waals surface area contributed by atoms with Gasteiger partial charge in [-0.25, -0.2) is 9.97 Å². The molecule has 1 heterocycles. The number of benzene rings is 2. The van der Waals surface area contributed by atoms with Gasteiger partial charge >= 0.3 is 0 Å². The van der Waals surface area contributed by atoms with Gasteiger partial charge in [-0.2, -0.15) is 0 Å². The standard InChI is InChI=1S/C20H19ClN4O2/c1-27-18-5-3-2-4-14(18)10-11-22-20-23-12-15(13-24-20)19(26)25-17-8-6-16(21)7-9-17/h2-9,12-13H,10-11H2,1H3,(H,25,26)(H,22,23,24). The van der Waals surface area contributed by atoms with Gasteiger partial charge in [0.15, 0.2) is 0 Å². The van der Waals surface area contributed by atoms with E-state index in [1.165, 1.54) is 12.4 Å². The average molecular weight is 383 g/mol. The van der Waals surface area contributed by atoms with E-state index in [1.54, 1.807) is 31.4 Å². The number of carbonyl (C=O) groups is 1. The first-order valence-corrected chi connectivity index (χ1v) is 8.78. The predicted octanol–water partition coefficient (Wildman–Crippen LogP) is 4.05. The third kappa shape index (κ3) is 5.18. The van der Waals surface area contributed by atoms with Crippen molar-refractivity contribution in [3.05, 3.63) is 77.1 Å². The van der Waals surface area contributed by atoms with Crippen molar-refractivity contribution in [2.75, 3.05) is 24.3 Å². The number of para-hydroxylation sites is 1. The smallest absolute Gasteiger partial charge is 0.258 e. The van der Waals surface area contributed by atoms with Gasteiger partial charge < -0.3 is 15.4 Å². The maximum atomic E-state index is 12.2. The molecule has 7 heteroatoms. The van der Waals surface area contributed by atoms with Gasteiger partial charge in [-0.1, -0.05) is 29.8 Å². The van der Waals surface area contributed by atoms with Crippen LogP contribution in [0.25, 0.3) is 0 Å². The van der Waals surface area contributed by atoms with Gasteiger partial charge in [0.05, 0.1) is 12.7 Å². The molecule has 6 nitrogen and oxygen atoms in total. The van der Waals surface area contributed by atoms with Gasteiger partial charge in [-0.3, -0.25) is 4.79 Å². The Labute approximate surface area is 162 Å². The number of rotatable bonds is 7. The molecule has 2 N–H and O–H groups in total. The SMILES string of the molecule is COc1ccccc1CCNc1ncc(C(=O)Nc2ccc(Cl)cc2)cn1. The molecule has 0 saturated carbocycles. The molecule has 1 amide bonds. The molecular formula is C20H19ClN4O2. The molecule has 2 aromatic carbocycles. The molecule has 0 spiro atoms. The monoisotopic (exact) mass is 382 g/mol. The number of aromatic nitrogens is 2. The lowest BCUT2D eigenvalue weighted by molar-refractivity contribution is 0.102. The molecule has 3 aromatic rings. The summed E-state index contributed by atoms with van der Waals surface area (Å²) in [6.45, 7) is 0.649. The fourth-order valence-corrected chi connectivity index (χ4v) is 2.62. The highest BCUT2D eigenvalue weighted by molar-refractivity contribution is 6.30. The second kappa shape index (κ2) is 9.00. The van der Waals surface area contributed by atoms with Crippen LogP contribution in [0, 0.1) is 0 Å². The van der Waals surface area contributed by atoms with Crippen molar-refractivity contribution in [3.63, 3.8) is 0 Å². The van der Waals surface area contributed by atoms with E-state index in [-0.39, 0.29) is 5.91 Å². The quantitative estimate of drug-likeness (QED) is 0.644. The zero-order valence-electron chi connectivity index (χ0n) is 14.8. The molecule has 0 atom stereocenters. The van der Waals surface area contributed by atoms with Crippen LogP contribution in [0.1, 0.15) is 15.9 Å². The molecule has 138 valence electrons. The minimum absolute atomic E-state index is 0.280. The zero-order valence-corrected chi connectivity index (χ0v) is 15.5. The zero-order chi connectivity index (χ0) is 19.1. The van der Waals surface area contributed by atoms with Crippen LogP contribution in [-0.2, 0) is 6.42 Å². The number of anilines is 2. The summed E-state index contributed by atoms with van der Waals surface area (Å²) in [6, 6.07) is 14.7.